The molecule has 0 atom stereocenters. The van der Waals surface area contributed by atoms with Gasteiger partial charge in [0.1, 0.15) is 11.4 Å². The summed E-state index contributed by atoms with van der Waals surface area (Å²) in [4.78, 5) is 0. The minimum atomic E-state index is 0.227. The molecule has 6 nitrogen and oxygen atoms in total. The van der Waals surface area contributed by atoms with E-state index in [1.54, 1.807) is 48.8 Å². The number of H-pyrrole nitrogens is 1. The fourth-order valence-electron chi connectivity index (χ4n) is 2.93. The molecule has 136 valence electrons. The zero-order chi connectivity index (χ0) is 19.3. The third kappa shape index (κ3) is 3.84. The number of nitrogens with one attached hydrogen (secondary N) is 1. The molecular weight excluding hydrogens is 352 g/mol. The van der Waals surface area contributed by atoms with Crippen LogP contribution in [0.1, 0.15) is 11.1 Å². The molecule has 0 aliphatic rings. The summed E-state index contributed by atoms with van der Waals surface area (Å²) in [6, 6.07) is 20.5. The number of benzene rings is 2. The molecule has 0 bridgehead atoms. The molecule has 4 rings (SSSR count). The Labute approximate surface area is 161 Å². The van der Waals surface area contributed by atoms with Crippen LogP contribution in [0.3, 0.4) is 0 Å². The molecule has 0 radical (unpaired) electrons. The summed E-state index contributed by atoms with van der Waals surface area (Å²) >= 11 is 0. The number of ether oxygens (including phenoxy) is 1. The van der Waals surface area contributed by atoms with Gasteiger partial charge in [-0.3, -0.25) is 5.10 Å². The highest BCUT2D eigenvalue weighted by Gasteiger charge is 2.12. The lowest BCUT2D eigenvalue weighted by Gasteiger charge is -2.07. The molecule has 0 saturated carbocycles. The van der Waals surface area contributed by atoms with Crippen LogP contribution in [0.4, 0.5) is 0 Å². The molecule has 0 aliphatic heterocycles. The topological polar surface area (TPSA) is 85.8 Å². The Morgan fingerprint density at radius 1 is 1.11 bits per heavy atom. The van der Waals surface area contributed by atoms with Gasteiger partial charge in [-0.2, -0.15) is 14.9 Å². The van der Waals surface area contributed by atoms with Crippen molar-refractivity contribution in [3.05, 3.63) is 90.4 Å². The molecule has 4 aromatic rings. The van der Waals surface area contributed by atoms with Gasteiger partial charge in [0, 0.05) is 17.2 Å². The van der Waals surface area contributed by atoms with Gasteiger partial charge in [-0.15, -0.1) is 0 Å². The van der Waals surface area contributed by atoms with Gasteiger partial charge in [0.15, 0.2) is 24.2 Å². The summed E-state index contributed by atoms with van der Waals surface area (Å²) in [6.45, 7) is 0.627. The highest BCUT2D eigenvalue weighted by atomic mass is 16.5. The fraction of sp³-hybridized carbons (Fsp3) is 0.0455. The first kappa shape index (κ1) is 17.3. The summed E-state index contributed by atoms with van der Waals surface area (Å²) in [7, 11) is 0. The van der Waals surface area contributed by atoms with E-state index in [0.29, 0.717) is 23.6 Å². The van der Waals surface area contributed by atoms with Crippen LogP contribution in [-0.2, 0) is 6.54 Å². The number of aromatic amines is 1. The van der Waals surface area contributed by atoms with Crippen molar-refractivity contribution in [3.63, 3.8) is 0 Å². The summed E-state index contributed by atoms with van der Waals surface area (Å²) in [6.07, 6.45) is 5.22. The van der Waals surface area contributed by atoms with Crippen molar-refractivity contribution >= 4 is 0 Å². The predicted molar refractivity (Wildman–Crippen MR) is 103 cm³/mol. The van der Waals surface area contributed by atoms with Gasteiger partial charge >= 0.3 is 0 Å². The van der Waals surface area contributed by atoms with E-state index in [0.717, 1.165) is 16.8 Å². The Balaban J connectivity index is 1.58. The maximum atomic E-state index is 9.64. The van der Waals surface area contributed by atoms with E-state index in [1.807, 2.05) is 29.0 Å². The Hall–Kier alpha value is -4.11. The summed E-state index contributed by atoms with van der Waals surface area (Å²) < 4.78 is 7.85. The van der Waals surface area contributed by atoms with Crippen LogP contribution in [0.5, 0.6) is 17.2 Å². The molecule has 6 heteroatoms. The van der Waals surface area contributed by atoms with Crippen LogP contribution in [-0.4, -0.2) is 15.3 Å². The number of aromatic hydroxyl groups is 1. The minimum Gasteiger partial charge on any atom is -0.503 e. The first-order chi connectivity index (χ1) is 13.7. The van der Waals surface area contributed by atoms with Gasteiger partial charge < -0.3 is 9.84 Å². The molecule has 2 heterocycles. The van der Waals surface area contributed by atoms with E-state index in [2.05, 4.69) is 22.3 Å². The van der Waals surface area contributed by atoms with Crippen molar-refractivity contribution in [2.24, 2.45) is 0 Å². The molecule has 0 unspecified atom stereocenters. The molecule has 2 N–H and O–H groups in total. The van der Waals surface area contributed by atoms with E-state index in [4.69, 9.17) is 10.00 Å². The normalized spacial score (nSPS) is 10.4. The number of nitrogens with zero attached hydrogens (tertiary/aromatic N) is 3. The quantitative estimate of drug-likeness (QED) is 0.524. The van der Waals surface area contributed by atoms with E-state index >= 15 is 0 Å². The number of nitriles is 1. The molecular formula is C22H17N4O2+. The molecule has 0 fully saturated rings. The van der Waals surface area contributed by atoms with Crippen LogP contribution < -0.4 is 9.30 Å². The number of hydrogen-bond acceptors (Lipinski definition) is 4. The average molecular weight is 369 g/mol. The lowest BCUT2D eigenvalue weighted by Crippen LogP contribution is -2.32. The van der Waals surface area contributed by atoms with Crippen molar-refractivity contribution in [2.75, 3.05) is 0 Å². The fourth-order valence-corrected chi connectivity index (χ4v) is 2.93. The van der Waals surface area contributed by atoms with Crippen LogP contribution in [0.25, 0.3) is 11.3 Å². The Morgan fingerprint density at radius 2 is 1.96 bits per heavy atom. The monoisotopic (exact) mass is 369 g/mol. The average Bonchev–Trinajstić information content (AvgIpc) is 3.17. The predicted octanol–water partition coefficient (Wildman–Crippen LogP) is 3.78. The Bertz CT molecular complexity index is 1140. The number of hydrogen-bond donors (Lipinski definition) is 2. The zero-order valence-corrected chi connectivity index (χ0v) is 14.9. The van der Waals surface area contributed by atoms with Gasteiger partial charge in [0.05, 0.1) is 17.8 Å². The van der Waals surface area contributed by atoms with Crippen LogP contribution >= 0.6 is 0 Å². The van der Waals surface area contributed by atoms with Gasteiger partial charge in [0.2, 0.25) is 6.20 Å². The Morgan fingerprint density at radius 3 is 2.75 bits per heavy atom. The van der Waals surface area contributed by atoms with Gasteiger partial charge in [-0.1, -0.05) is 18.2 Å². The largest absolute Gasteiger partial charge is 0.503 e. The lowest BCUT2D eigenvalue weighted by atomic mass is 10.1. The smallest absolute Gasteiger partial charge is 0.211 e. The highest BCUT2D eigenvalue weighted by molar-refractivity contribution is 5.66. The van der Waals surface area contributed by atoms with Crippen LogP contribution in [0.15, 0.2) is 79.3 Å². The second-order valence-corrected chi connectivity index (χ2v) is 6.28. The van der Waals surface area contributed by atoms with Crippen LogP contribution in [0, 0.1) is 11.3 Å². The lowest BCUT2D eigenvalue weighted by molar-refractivity contribution is -0.688. The third-order valence-electron chi connectivity index (χ3n) is 4.24. The second kappa shape index (κ2) is 7.64. The van der Waals surface area contributed by atoms with Gasteiger partial charge in [0.25, 0.3) is 0 Å². The molecule has 0 spiro atoms. The first-order valence-electron chi connectivity index (χ1n) is 8.70. The standard InChI is InChI=1S/C22H16N4O2/c23-12-16-6-8-20(9-7-16)28-21-13-24-25-22(21)18-4-1-3-17(11-18)14-26-10-2-5-19(27)15-26/h1-11,13,15H,14H2,(H-,24,25,27)/p+1. The molecule has 0 amide bonds. The maximum Gasteiger partial charge on any atom is 0.211 e. The number of rotatable bonds is 5. The molecule has 28 heavy (non-hydrogen) atoms. The summed E-state index contributed by atoms with van der Waals surface area (Å²) in [5.74, 6) is 1.46. The van der Waals surface area contributed by atoms with Crippen molar-refractivity contribution < 1.29 is 14.4 Å². The minimum absolute atomic E-state index is 0.227. The zero-order valence-electron chi connectivity index (χ0n) is 14.9. The molecule has 2 aromatic heterocycles. The van der Waals surface area contributed by atoms with E-state index in [-0.39, 0.29) is 5.75 Å². The molecule has 0 saturated heterocycles. The van der Waals surface area contributed by atoms with Crippen molar-refractivity contribution in [1.82, 2.24) is 10.2 Å². The Kier molecular flexibility index (Phi) is 4.72. The molecule has 2 aromatic carbocycles. The molecule has 0 aliphatic carbocycles. The SMILES string of the molecule is N#Cc1ccc(Oc2cn[nH]c2-c2cccc(C[n+]3cccc(O)c3)c2)cc1. The first-order valence-corrected chi connectivity index (χ1v) is 8.70. The summed E-state index contributed by atoms with van der Waals surface area (Å²) in [5.41, 5.74) is 3.37. The maximum absolute atomic E-state index is 9.64. The number of aromatic nitrogens is 3. The van der Waals surface area contributed by atoms with Crippen LogP contribution in [0.2, 0.25) is 0 Å². The third-order valence-corrected chi connectivity index (χ3v) is 4.24. The second-order valence-electron chi connectivity index (χ2n) is 6.28. The highest BCUT2D eigenvalue weighted by Crippen LogP contribution is 2.31. The van der Waals surface area contributed by atoms with Gasteiger partial charge in [-0.25, -0.2) is 0 Å². The van der Waals surface area contributed by atoms with Crippen molar-refractivity contribution in [1.29, 1.82) is 5.26 Å². The van der Waals surface area contributed by atoms with E-state index in [1.165, 1.54) is 0 Å². The van der Waals surface area contributed by atoms with Gasteiger partial charge in [-0.05, 0) is 36.4 Å². The van der Waals surface area contributed by atoms with E-state index in [9.17, 15) is 5.11 Å². The van der Waals surface area contributed by atoms with Crippen molar-refractivity contribution in [3.8, 4) is 34.6 Å². The summed E-state index contributed by atoms with van der Waals surface area (Å²) in [5, 5.41) is 25.6. The van der Waals surface area contributed by atoms with Crippen molar-refractivity contribution in [2.45, 2.75) is 6.54 Å². The number of pyridine rings is 1. The van der Waals surface area contributed by atoms with E-state index < -0.39 is 0 Å².